The smallest absolute Gasteiger partial charge is 0.258 e. The number of hydrogen-bond acceptors (Lipinski definition) is 5. The van der Waals surface area contributed by atoms with Gasteiger partial charge in [0.05, 0.1) is 20.8 Å². The number of methoxy groups -OCH3 is 2. The van der Waals surface area contributed by atoms with Gasteiger partial charge in [-0.05, 0) is 65.9 Å². The van der Waals surface area contributed by atoms with Crippen molar-refractivity contribution in [1.82, 2.24) is 5.32 Å². The zero-order valence-corrected chi connectivity index (χ0v) is 19.3. The van der Waals surface area contributed by atoms with Crippen LogP contribution in [0.1, 0.15) is 33.2 Å². The van der Waals surface area contributed by atoms with Gasteiger partial charge in [-0.1, -0.05) is 30.3 Å². The standard InChI is InChI=1S/C27H28N2O5/c1-32-23-12-7-18(17-24(23)33-2)13-15-28-26(30)20-8-10-21(11-9-20)29-27(31)25-22-6-4-3-5-19(22)14-16-34-25/h3-12,17,25H,13-16H2,1-2H3,(H,28,30)(H,29,31). The van der Waals surface area contributed by atoms with Crippen LogP contribution in [0, 0.1) is 0 Å². The van der Waals surface area contributed by atoms with Gasteiger partial charge in [0.2, 0.25) is 0 Å². The van der Waals surface area contributed by atoms with Crippen molar-refractivity contribution in [3.63, 3.8) is 0 Å². The van der Waals surface area contributed by atoms with Crippen molar-refractivity contribution < 1.29 is 23.8 Å². The molecule has 34 heavy (non-hydrogen) atoms. The largest absolute Gasteiger partial charge is 0.493 e. The highest BCUT2D eigenvalue weighted by Gasteiger charge is 2.27. The van der Waals surface area contributed by atoms with Crippen molar-refractivity contribution in [3.8, 4) is 11.5 Å². The van der Waals surface area contributed by atoms with E-state index in [0.717, 1.165) is 23.1 Å². The molecule has 7 nitrogen and oxygen atoms in total. The van der Waals surface area contributed by atoms with Crippen LogP contribution in [-0.2, 0) is 22.4 Å². The van der Waals surface area contributed by atoms with Gasteiger partial charge in [-0.25, -0.2) is 0 Å². The van der Waals surface area contributed by atoms with Crippen LogP contribution in [0.2, 0.25) is 0 Å². The van der Waals surface area contributed by atoms with Crippen LogP contribution in [0.15, 0.2) is 66.7 Å². The minimum Gasteiger partial charge on any atom is -0.493 e. The summed E-state index contributed by atoms with van der Waals surface area (Å²) < 4.78 is 16.3. The number of nitrogens with one attached hydrogen (secondary N) is 2. The lowest BCUT2D eigenvalue weighted by Gasteiger charge is -2.25. The molecule has 0 fully saturated rings. The van der Waals surface area contributed by atoms with E-state index < -0.39 is 6.10 Å². The Kier molecular flexibility index (Phi) is 7.44. The molecule has 1 aliphatic heterocycles. The Balaban J connectivity index is 1.30. The summed E-state index contributed by atoms with van der Waals surface area (Å²) >= 11 is 0. The van der Waals surface area contributed by atoms with Crippen LogP contribution in [0.25, 0.3) is 0 Å². The number of fused-ring (bicyclic) bond motifs is 1. The molecule has 4 rings (SSSR count). The minimum atomic E-state index is -0.635. The molecule has 0 radical (unpaired) electrons. The Labute approximate surface area is 199 Å². The molecule has 3 aromatic rings. The van der Waals surface area contributed by atoms with Crippen LogP contribution < -0.4 is 20.1 Å². The zero-order chi connectivity index (χ0) is 23.9. The molecule has 1 atom stereocenters. The van der Waals surface area contributed by atoms with Crippen LogP contribution in [0.5, 0.6) is 11.5 Å². The van der Waals surface area contributed by atoms with E-state index in [1.807, 2.05) is 42.5 Å². The first-order valence-corrected chi connectivity index (χ1v) is 11.2. The third-order valence-electron chi connectivity index (χ3n) is 5.79. The lowest BCUT2D eigenvalue weighted by Crippen LogP contribution is -2.28. The summed E-state index contributed by atoms with van der Waals surface area (Å²) in [7, 11) is 3.19. The van der Waals surface area contributed by atoms with Crippen LogP contribution in [-0.4, -0.2) is 39.2 Å². The summed E-state index contributed by atoms with van der Waals surface area (Å²) in [4.78, 5) is 25.3. The molecule has 0 aliphatic carbocycles. The van der Waals surface area contributed by atoms with E-state index in [1.165, 1.54) is 0 Å². The third-order valence-corrected chi connectivity index (χ3v) is 5.79. The fourth-order valence-electron chi connectivity index (χ4n) is 3.98. The van der Waals surface area contributed by atoms with Gasteiger partial charge >= 0.3 is 0 Å². The topological polar surface area (TPSA) is 85.9 Å². The first-order chi connectivity index (χ1) is 16.6. The Hall–Kier alpha value is -3.84. The Bertz CT molecular complexity index is 1160. The number of hydrogen-bond donors (Lipinski definition) is 2. The predicted octanol–water partition coefficient (Wildman–Crippen LogP) is 3.93. The molecule has 3 aromatic carbocycles. The van der Waals surface area contributed by atoms with Crippen molar-refractivity contribution in [2.45, 2.75) is 18.9 Å². The first-order valence-electron chi connectivity index (χ1n) is 11.2. The number of carbonyl (C=O) groups is 2. The van der Waals surface area contributed by atoms with E-state index in [1.54, 1.807) is 38.5 Å². The number of rotatable bonds is 8. The summed E-state index contributed by atoms with van der Waals surface area (Å²) in [5.41, 5.74) is 4.19. The molecular weight excluding hydrogens is 432 g/mol. The maximum absolute atomic E-state index is 12.8. The van der Waals surface area contributed by atoms with Crippen molar-refractivity contribution in [2.75, 3.05) is 32.7 Å². The summed E-state index contributed by atoms with van der Waals surface area (Å²) in [5, 5.41) is 5.80. The molecule has 7 heteroatoms. The van der Waals surface area contributed by atoms with E-state index in [2.05, 4.69) is 10.6 Å². The van der Waals surface area contributed by atoms with Crippen LogP contribution in [0.3, 0.4) is 0 Å². The molecule has 1 heterocycles. The molecule has 1 unspecified atom stereocenters. The van der Waals surface area contributed by atoms with Gasteiger partial charge < -0.3 is 24.8 Å². The van der Waals surface area contributed by atoms with Crippen molar-refractivity contribution in [2.24, 2.45) is 0 Å². The molecule has 0 spiro atoms. The van der Waals surface area contributed by atoms with E-state index in [-0.39, 0.29) is 11.8 Å². The van der Waals surface area contributed by atoms with E-state index >= 15 is 0 Å². The maximum Gasteiger partial charge on any atom is 0.258 e. The molecule has 0 saturated carbocycles. The van der Waals surface area contributed by atoms with E-state index in [0.29, 0.717) is 42.3 Å². The van der Waals surface area contributed by atoms with Gasteiger partial charge in [0, 0.05) is 17.8 Å². The normalized spacial score (nSPS) is 14.6. The molecule has 0 bridgehead atoms. The number of carbonyl (C=O) groups excluding carboxylic acids is 2. The molecule has 2 N–H and O–H groups in total. The van der Waals surface area contributed by atoms with Gasteiger partial charge in [-0.2, -0.15) is 0 Å². The van der Waals surface area contributed by atoms with Crippen molar-refractivity contribution in [3.05, 3.63) is 89.0 Å². The first kappa shape index (κ1) is 23.3. The van der Waals surface area contributed by atoms with Gasteiger partial charge in [0.1, 0.15) is 0 Å². The third kappa shape index (κ3) is 5.38. The second-order valence-corrected chi connectivity index (χ2v) is 7.96. The van der Waals surface area contributed by atoms with Gasteiger partial charge in [-0.15, -0.1) is 0 Å². The minimum absolute atomic E-state index is 0.178. The molecule has 0 saturated heterocycles. The summed E-state index contributed by atoms with van der Waals surface area (Å²) in [6.07, 6.45) is 0.822. The Morgan fingerprint density at radius 1 is 0.971 bits per heavy atom. The fraction of sp³-hybridized carbons (Fsp3) is 0.259. The number of ether oxygens (including phenoxy) is 3. The quantitative estimate of drug-likeness (QED) is 0.532. The Morgan fingerprint density at radius 3 is 2.50 bits per heavy atom. The maximum atomic E-state index is 12.8. The number of benzene rings is 3. The second kappa shape index (κ2) is 10.9. The van der Waals surface area contributed by atoms with Crippen molar-refractivity contribution in [1.29, 1.82) is 0 Å². The molecule has 1 aliphatic rings. The average Bonchev–Trinajstić information content (AvgIpc) is 2.88. The lowest BCUT2D eigenvalue weighted by atomic mass is 9.97. The number of amides is 2. The highest BCUT2D eigenvalue weighted by atomic mass is 16.5. The van der Waals surface area contributed by atoms with Gasteiger partial charge in [0.15, 0.2) is 17.6 Å². The van der Waals surface area contributed by atoms with Crippen LogP contribution >= 0.6 is 0 Å². The predicted molar refractivity (Wildman–Crippen MR) is 129 cm³/mol. The van der Waals surface area contributed by atoms with Gasteiger partial charge in [-0.3, -0.25) is 9.59 Å². The van der Waals surface area contributed by atoms with Gasteiger partial charge in [0.25, 0.3) is 11.8 Å². The zero-order valence-electron chi connectivity index (χ0n) is 19.3. The lowest BCUT2D eigenvalue weighted by molar-refractivity contribution is -0.128. The molecule has 2 amide bonds. The second-order valence-electron chi connectivity index (χ2n) is 7.96. The number of anilines is 1. The van der Waals surface area contributed by atoms with E-state index in [9.17, 15) is 9.59 Å². The summed E-state index contributed by atoms with van der Waals surface area (Å²) in [6, 6.07) is 20.3. The molecular formula is C27H28N2O5. The highest BCUT2D eigenvalue weighted by molar-refractivity contribution is 5.97. The Morgan fingerprint density at radius 2 is 1.74 bits per heavy atom. The SMILES string of the molecule is COc1ccc(CCNC(=O)c2ccc(NC(=O)C3OCCc4ccccc43)cc2)cc1OC. The van der Waals surface area contributed by atoms with E-state index in [4.69, 9.17) is 14.2 Å². The fourth-order valence-corrected chi connectivity index (χ4v) is 3.98. The highest BCUT2D eigenvalue weighted by Crippen LogP contribution is 2.29. The summed E-state index contributed by atoms with van der Waals surface area (Å²) in [5.74, 6) is 0.926. The molecule has 0 aromatic heterocycles. The molecule has 176 valence electrons. The summed E-state index contributed by atoms with van der Waals surface area (Å²) in [6.45, 7) is 0.989. The monoisotopic (exact) mass is 460 g/mol. The average molecular weight is 461 g/mol. The van der Waals surface area contributed by atoms with Crippen LogP contribution in [0.4, 0.5) is 5.69 Å². The van der Waals surface area contributed by atoms with Crippen molar-refractivity contribution >= 4 is 17.5 Å².